The number of carbonyl (C=O) groups is 1. The highest BCUT2D eigenvalue weighted by Crippen LogP contribution is 2.22. The van der Waals surface area contributed by atoms with Crippen LogP contribution >= 0.6 is 23.1 Å². The van der Waals surface area contributed by atoms with Gasteiger partial charge in [-0.25, -0.2) is 0 Å². The Bertz CT molecular complexity index is 478. The fourth-order valence-corrected chi connectivity index (χ4v) is 2.10. The third-order valence-electron chi connectivity index (χ3n) is 1.75. The number of hydrogen-bond donors (Lipinski definition) is 1. The van der Waals surface area contributed by atoms with Crippen LogP contribution in [0.4, 0.5) is 5.13 Å². The summed E-state index contributed by atoms with van der Waals surface area (Å²) in [6, 6.07) is 0. The van der Waals surface area contributed by atoms with Gasteiger partial charge in [0.05, 0.1) is 17.9 Å². The van der Waals surface area contributed by atoms with Crippen LogP contribution in [0.5, 0.6) is 0 Å². The second-order valence-corrected chi connectivity index (χ2v) is 4.91. The first-order valence-corrected chi connectivity index (χ1v) is 6.14. The fraction of sp³-hybridized carbons (Fsp3) is 0.375. The SMILES string of the molecule is CC(C)c1nnc(NC(=O)c2cnsn2)s1. The summed E-state index contributed by atoms with van der Waals surface area (Å²) in [5.41, 5.74) is 0.297. The summed E-state index contributed by atoms with van der Waals surface area (Å²) >= 11 is 2.36. The van der Waals surface area contributed by atoms with E-state index in [1.807, 2.05) is 13.8 Å². The van der Waals surface area contributed by atoms with E-state index in [1.54, 1.807) is 0 Å². The molecule has 0 atom stereocenters. The Labute approximate surface area is 100 Å². The summed E-state index contributed by atoms with van der Waals surface area (Å²) in [5.74, 6) is 0.00398. The average molecular weight is 255 g/mol. The Morgan fingerprint density at radius 2 is 2.25 bits per heavy atom. The molecule has 0 aromatic carbocycles. The number of carbonyl (C=O) groups excluding carboxylic acids is 1. The molecule has 1 N–H and O–H groups in total. The summed E-state index contributed by atoms with van der Waals surface area (Å²) in [5, 5.41) is 11.9. The van der Waals surface area contributed by atoms with Crippen LogP contribution < -0.4 is 5.32 Å². The number of rotatable bonds is 3. The van der Waals surface area contributed by atoms with E-state index in [4.69, 9.17) is 0 Å². The monoisotopic (exact) mass is 255 g/mol. The molecule has 0 fully saturated rings. The van der Waals surface area contributed by atoms with Gasteiger partial charge in [0.1, 0.15) is 5.01 Å². The number of hydrogen-bond acceptors (Lipinski definition) is 7. The molecule has 2 aromatic heterocycles. The van der Waals surface area contributed by atoms with E-state index in [2.05, 4.69) is 24.3 Å². The lowest BCUT2D eigenvalue weighted by molar-refractivity contribution is 0.102. The molecule has 0 bridgehead atoms. The van der Waals surface area contributed by atoms with E-state index in [1.165, 1.54) is 17.5 Å². The minimum Gasteiger partial charge on any atom is -0.295 e. The molecule has 2 aromatic rings. The summed E-state index contributed by atoms with van der Waals surface area (Å²) in [7, 11) is 0. The minimum atomic E-state index is -0.305. The Kier molecular flexibility index (Phi) is 3.20. The van der Waals surface area contributed by atoms with Crippen LogP contribution in [-0.2, 0) is 0 Å². The van der Waals surface area contributed by atoms with Gasteiger partial charge in [-0.15, -0.1) is 10.2 Å². The van der Waals surface area contributed by atoms with Crippen LogP contribution in [0.2, 0.25) is 0 Å². The molecule has 0 aliphatic carbocycles. The number of nitrogens with zero attached hydrogens (tertiary/aromatic N) is 4. The van der Waals surface area contributed by atoms with Gasteiger partial charge >= 0.3 is 0 Å². The van der Waals surface area contributed by atoms with Gasteiger partial charge in [-0.2, -0.15) is 8.75 Å². The van der Waals surface area contributed by atoms with Crippen molar-refractivity contribution in [2.45, 2.75) is 19.8 Å². The predicted molar refractivity (Wildman–Crippen MR) is 61.9 cm³/mol. The number of nitrogens with one attached hydrogen (secondary N) is 1. The molecule has 84 valence electrons. The van der Waals surface area contributed by atoms with E-state index >= 15 is 0 Å². The summed E-state index contributed by atoms with van der Waals surface area (Å²) in [4.78, 5) is 11.6. The van der Waals surface area contributed by atoms with Crippen molar-refractivity contribution in [2.24, 2.45) is 0 Å². The van der Waals surface area contributed by atoms with E-state index in [0.29, 0.717) is 16.7 Å². The zero-order valence-electron chi connectivity index (χ0n) is 8.67. The first-order valence-electron chi connectivity index (χ1n) is 4.59. The van der Waals surface area contributed by atoms with Crippen LogP contribution in [0, 0.1) is 0 Å². The summed E-state index contributed by atoms with van der Waals surface area (Å²) in [6.07, 6.45) is 1.42. The van der Waals surface area contributed by atoms with E-state index in [-0.39, 0.29) is 5.91 Å². The predicted octanol–water partition coefficient (Wildman–Crippen LogP) is 1.77. The molecule has 0 saturated heterocycles. The highest BCUT2D eigenvalue weighted by atomic mass is 32.1. The maximum Gasteiger partial charge on any atom is 0.278 e. The van der Waals surface area contributed by atoms with Gasteiger partial charge in [0.2, 0.25) is 5.13 Å². The van der Waals surface area contributed by atoms with Gasteiger partial charge in [-0.05, 0) is 0 Å². The fourth-order valence-electron chi connectivity index (χ4n) is 0.944. The smallest absolute Gasteiger partial charge is 0.278 e. The third-order valence-corrected chi connectivity index (χ3v) is 3.37. The molecule has 0 saturated carbocycles. The lowest BCUT2D eigenvalue weighted by Crippen LogP contribution is -2.11. The number of anilines is 1. The molecule has 0 spiro atoms. The molecule has 16 heavy (non-hydrogen) atoms. The van der Waals surface area contributed by atoms with E-state index in [0.717, 1.165) is 16.7 Å². The largest absolute Gasteiger partial charge is 0.295 e. The van der Waals surface area contributed by atoms with Gasteiger partial charge in [-0.3, -0.25) is 10.1 Å². The lowest BCUT2D eigenvalue weighted by atomic mass is 10.2. The molecule has 2 heterocycles. The van der Waals surface area contributed by atoms with Crippen LogP contribution in [0.1, 0.15) is 35.3 Å². The standard InChI is InChI=1S/C8H9N5OS2/c1-4(2)7-11-12-8(15-7)10-6(14)5-3-9-16-13-5/h3-4H,1-2H3,(H,10,12,14). The molecular weight excluding hydrogens is 246 g/mol. The Morgan fingerprint density at radius 1 is 1.44 bits per heavy atom. The zero-order valence-corrected chi connectivity index (χ0v) is 10.3. The third kappa shape index (κ3) is 2.39. The van der Waals surface area contributed by atoms with Gasteiger partial charge in [0.15, 0.2) is 5.69 Å². The van der Waals surface area contributed by atoms with Gasteiger partial charge in [0.25, 0.3) is 5.91 Å². The van der Waals surface area contributed by atoms with Crippen molar-refractivity contribution in [2.75, 3.05) is 5.32 Å². The highest BCUT2D eigenvalue weighted by molar-refractivity contribution is 7.15. The van der Waals surface area contributed by atoms with Crippen molar-refractivity contribution in [3.63, 3.8) is 0 Å². The molecule has 1 amide bonds. The highest BCUT2D eigenvalue weighted by Gasteiger charge is 2.13. The number of amides is 1. The molecule has 2 rings (SSSR count). The Morgan fingerprint density at radius 3 is 2.81 bits per heavy atom. The van der Waals surface area contributed by atoms with Crippen LogP contribution in [0.15, 0.2) is 6.20 Å². The topological polar surface area (TPSA) is 80.7 Å². The van der Waals surface area contributed by atoms with Crippen LogP contribution in [0.3, 0.4) is 0 Å². The van der Waals surface area contributed by atoms with Gasteiger partial charge < -0.3 is 0 Å². The van der Waals surface area contributed by atoms with Gasteiger partial charge in [-0.1, -0.05) is 25.2 Å². The molecule has 8 heteroatoms. The molecule has 0 aliphatic rings. The summed E-state index contributed by atoms with van der Waals surface area (Å²) in [6.45, 7) is 4.05. The van der Waals surface area contributed by atoms with Crippen LogP contribution in [0.25, 0.3) is 0 Å². The minimum absolute atomic E-state index is 0.297. The molecule has 6 nitrogen and oxygen atoms in total. The van der Waals surface area contributed by atoms with Crippen molar-refractivity contribution in [3.05, 3.63) is 16.9 Å². The second kappa shape index (κ2) is 4.62. The van der Waals surface area contributed by atoms with E-state index < -0.39 is 0 Å². The first-order chi connectivity index (χ1) is 7.66. The van der Waals surface area contributed by atoms with Crippen molar-refractivity contribution in [1.29, 1.82) is 0 Å². The average Bonchev–Trinajstić information content (AvgIpc) is 2.87. The maximum atomic E-state index is 11.6. The van der Waals surface area contributed by atoms with Crippen molar-refractivity contribution in [3.8, 4) is 0 Å². The zero-order chi connectivity index (χ0) is 11.5. The van der Waals surface area contributed by atoms with Crippen molar-refractivity contribution in [1.82, 2.24) is 18.9 Å². The first kappa shape index (κ1) is 11.1. The normalized spacial score (nSPS) is 10.7. The van der Waals surface area contributed by atoms with Crippen LogP contribution in [-0.4, -0.2) is 24.9 Å². The second-order valence-electron chi connectivity index (χ2n) is 3.35. The maximum absolute atomic E-state index is 11.6. The van der Waals surface area contributed by atoms with Gasteiger partial charge in [0, 0.05) is 5.92 Å². The Hall–Kier alpha value is -1.41. The summed E-state index contributed by atoms with van der Waals surface area (Å²) < 4.78 is 7.58. The molecule has 0 unspecified atom stereocenters. The molecular formula is C8H9N5OS2. The van der Waals surface area contributed by atoms with Crippen molar-refractivity contribution < 1.29 is 4.79 Å². The molecule has 0 radical (unpaired) electrons. The van der Waals surface area contributed by atoms with E-state index in [9.17, 15) is 4.79 Å². The number of aromatic nitrogens is 4. The lowest BCUT2D eigenvalue weighted by Gasteiger charge is -1.96. The molecule has 0 aliphatic heterocycles. The van der Waals surface area contributed by atoms with Crippen molar-refractivity contribution >= 4 is 34.1 Å². The quantitative estimate of drug-likeness (QED) is 0.904. The Balaban J connectivity index is 2.07.